The van der Waals surface area contributed by atoms with Gasteiger partial charge in [0, 0.05) is 44.3 Å². The number of aromatic nitrogens is 1. The van der Waals surface area contributed by atoms with Gasteiger partial charge in [0.1, 0.15) is 0 Å². The molecule has 1 atom stereocenters. The van der Waals surface area contributed by atoms with Crippen molar-refractivity contribution in [2.24, 2.45) is 0 Å². The maximum absolute atomic E-state index is 13.3. The zero-order valence-electron chi connectivity index (χ0n) is 21.9. The summed E-state index contributed by atoms with van der Waals surface area (Å²) in [6.07, 6.45) is 3.70. The molecule has 1 unspecified atom stereocenters. The van der Waals surface area contributed by atoms with Crippen LogP contribution in [-0.4, -0.2) is 67.3 Å². The van der Waals surface area contributed by atoms with E-state index in [4.69, 9.17) is 4.98 Å². The highest BCUT2D eigenvalue weighted by atomic mass is 32.2. The molecule has 7 nitrogen and oxygen atoms in total. The van der Waals surface area contributed by atoms with Crippen LogP contribution in [0.2, 0.25) is 0 Å². The largest absolute Gasteiger partial charge is 0.345 e. The molecule has 9 heteroatoms. The summed E-state index contributed by atoms with van der Waals surface area (Å²) in [5, 5.41) is 1.01. The van der Waals surface area contributed by atoms with Crippen molar-refractivity contribution in [3.8, 4) is 0 Å². The summed E-state index contributed by atoms with van der Waals surface area (Å²) in [7, 11) is -3.55. The van der Waals surface area contributed by atoms with Crippen LogP contribution in [0.25, 0.3) is 10.2 Å². The topological polar surface area (TPSA) is 73.8 Å². The molecular formula is C28H36N4O3S2. The van der Waals surface area contributed by atoms with Crippen LogP contribution in [0.3, 0.4) is 0 Å². The summed E-state index contributed by atoms with van der Waals surface area (Å²) in [6, 6.07) is 12.9. The first kappa shape index (κ1) is 26.1. The number of carbonyl (C=O) groups excluding carboxylic acids is 1. The number of carbonyl (C=O) groups is 1. The van der Waals surface area contributed by atoms with Crippen LogP contribution in [0.4, 0.5) is 5.13 Å². The van der Waals surface area contributed by atoms with E-state index >= 15 is 0 Å². The van der Waals surface area contributed by atoms with Gasteiger partial charge in [-0.2, -0.15) is 4.31 Å². The molecule has 1 aromatic heterocycles. The molecule has 5 rings (SSSR count). The second-order valence-electron chi connectivity index (χ2n) is 10.3. The van der Waals surface area contributed by atoms with Crippen molar-refractivity contribution in [3.63, 3.8) is 0 Å². The molecule has 0 saturated carbocycles. The normalized spacial score (nSPS) is 19.6. The number of hydrogen-bond acceptors (Lipinski definition) is 6. The van der Waals surface area contributed by atoms with Gasteiger partial charge in [0.05, 0.1) is 15.1 Å². The Kier molecular flexibility index (Phi) is 7.56. The Morgan fingerprint density at radius 3 is 2.43 bits per heavy atom. The fraction of sp³-hybridized carbons (Fsp3) is 0.500. The lowest BCUT2D eigenvalue weighted by molar-refractivity contribution is 0.0746. The van der Waals surface area contributed by atoms with E-state index in [1.165, 1.54) is 10.3 Å². The summed E-state index contributed by atoms with van der Waals surface area (Å²) >= 11 is 1.71. The van der Waals surface area contributed by atoms with Crippen molar-refractivity contribution in [2.75, 3.05) is 37.6 Å². The SMILES string of the molecule is CCC1CCCCN1S(=O)(=O)c1ccc(C(=O)N2CCN(c3nc4c(C(C)C)cccc4s3)CC2)cc1. The van der Waals surface area contributed by atoms with Crippen LogP contribution in [0.15, 0.2) is 47.4 Å². The number of piperidine rings is 1. The average molecular weight is 541 g/mol. The van der Waals surface area contributed by atoms with Crippen molar-refractivity contribution in [3.05, 3.63) is 53.6 Å². The second-order valence-corrected chi connectivity index (χ2v) is 13.2. The molecule has 0 spiro atoms. The molecule has 0 radical (unpaired) electrons. The Bertz CT molecular complexity index is 1360. The number of anilines is 1. The smallest absolute Gasteiger partial charge is 0.253 e. The third-order valence-corrected chi connectivity index (χ3v) is 10.7. The number of piperazine rings is 1. The number of amides is 1. The van der Waals surface area contributed by atoms with E-state index in [1.807, 2.05) is 11.8 Å². The van der Waals surface area contributed by atoms with E-state index < -0.39 is 10.0 Å². The van der Waals surface area contributed by atoms with Gasteiger partial charge in [-0.15, -0.1) is 0 Å². The highest BCUT2D eigenvalue weighted by molar-refractivity contribution is 7.89. The van der Waals surface area contributed by atoms with E-state index in [1.54, 1.807) is 39.9 Å². The molecule has 2 aromatic carbocycles. The quantitative estimate of drug-likeness (QED) is 0.422. The van der Waals surface area contributed by atoms with Gasteiger partial charge in [-0.05, 0) is 61.1 Å². The molecule has 2 aliphatic heterocycles. The minimum atomic E-state index is -3.55. The molecule has 0 N–H and O–H groups in total. The standard InChI is InChI=1S/C28H36N4O3S2/c1-4-22-8-5-6-15-32(22)37(34,35)23-13-11-21(12-14-23)27(33)30-16-18-31(19-17-30)28-29-26-24(20(2)3)9-7-10-25(26)36-28/h7,9-14,20,22H,4-6,8,15-19H2,1-3H3. The summed E-state index contributed by atoms with van der Waals surface area (Å²) in [5.74, 6) is 0.363. The summed E-state index contributed by atoms with van der Waals surface area (Å²) in [5.41, 5.74) is 2.88. The molecule has 0 aliphatic carbocycles. The molecule has 198 valence electrons. The summed E-state index contributed by atoms with van der Waals surface area (Å²) in [6.45, 7) is 9.66. The van der Waals surface area contributed by atoms with Crippen LogP contribution in [0.1, 0.15) is 68.3 Å². The third-order valence-electron chi connectivity index (χ3n) is 7.65. The Morgan fingerprint density at radius 2 is 1.76 bits per heavy atom. The first-order chi connectivity index (χ1) is 17.8. The van der Waals surface area contributed by atoms with Crippen molar-refractivity contribution >= 4 is 42.6 Å². The van der Waals surface area contributed by atoms with Gasteiger partial charge < -0.3 is 9.80 Å². The highest BCUT2D eigenvalue weighted by Gasteiger charge is 2.33. The predicted molar refractivity (Wildman–Crippen MR) is 150 cm³/mol. The van der Waals surface area contributed by atoms with Gasteiger partial charge in [-0.3, -0.25) is 4.79 Å². The highest BCUT2D eigenvalue weighted by Crippen LogP contribution is 2.34. The van der Waals surface area contributed by atoms with Crippen molar-refractivity contribution in [2.45, 2.75) is 63.3 Å². The number of fused-ring (bicyclic) bond motifs is 1. The number of sulfonamides is 1. The number of thiazole rings is 1. The number of hydrogen-bond donors (Lipinski definition) is 0. The molecule has 1 amide bonds. The van der Waals surface area contributed by atoms with Gasteiger partial charge >= 0.3 is 0 Å². The Hall–Kier alpha value is -2.49. The fourth-order valence-corrected chi connectivity index (χ4v) is 8.27. The molecule has 37 heavy (non-hydrogen) atoms. The zero-order valence-corrected chi connectivity index (χ0v) is 23.5. The minimum absolute atomic E-state index is 0.0561. The number of benzene rings is 2. The van der Waals surface area contributed by atoms with E-state index in [9.17, 15) is 13.2 Å². The second kappa shape index (κ2) is 10.7. The maximum Gasteiger partial charge on any atom is 0.253 e. The molecule has 3 heterocycles. The van der Waals surface area contributed by atoms with Crippen molar-refractivity contribution < 1.29 is 13.2 Å². The van der Waals surface area contributed by atoms with Gasteiger partial charge in [-0.25, -0.2) is 13.4 Å². The lowest BCUT2D eigenvalue weighted by Gasteiger charge is -2.35. The molecule has 3 aromatic rings. The molecule has 2 fully saturated rings. The Morgan fingerprint density at radius 1 is 1.03 bits per heavy atom. The molecular weight excluding hydrogens is 504 g/mol. The monoisotopic (exact) mass is 540 g/mol. The summed E-state index contributed by atoms with van der Waals surface area (Å²) in [4.78, 5) is 22.5. The van der Waals surface area contributed by atoms with Gasteiger partial charge in [0.25, 0.3) is 5.91 Å². The number of para-hydroxylation sites is 1. The summed E-state index contributed by atoms with van der Waals surface area (Å²) < 4.78 is 29.4. The van der Waals surface area contributed by atoms with Crippen LogP contribution >= 0.6 is 11.3 Å². The Balaban J connectivity index is 1.24. The van der Waals surface area contributed by atoms with Crippen LogP contribution < -0.4 is 4.90 Å². The minimum Gasteiger partial charge on any atom is -0.345 e. The van der Waals surface area contributed by atoms with E-state index in [2.05, 4.69) is 36.9 Å². The fourth-order valence-electron chi connectivity index (χ4n) is 5.45. The van der Waals surface area contributed by atoms with Crippen LogP contribution in [0, 0.1) is 0 Å². The number of rotatable bonds is 6. The average Bonchev–Trinajstić information content (AvgIpc) is 3.37. The lowest BCUT2D eigenvalue weighted by Crippen LogP contribution is -2.48. The van der Waals surface area contributed by atoms with E-state index in [-0.39, 0.29) is 16.8 Å². The molecule has 2 saturated heterocycles. The lowest BCUT2D eigenvalue weighted by atomic mass is 10.0. The van der Waals surface area contributed by atoms with E-state index in [0.717, 1.165) is 49.4 Å². The third kappa shape index (κ3) is 5.13. The van der Waals surface area contributed by atoms with Crippen LogP contribution in [0.5, 0.6) is 0 Å². The van der Waals surface area contributed by atoms with Crippen molar-refractivity contribution in [1.82, 2.24) is 14.2 Å². The molecule has 0 bridgehead atoms. The van der Waals surface area contributed by atoms with Crippen LogP contribution in [-0.2, 0) is 10.0 Å². The first-order valence-corrected chi connectivity index (χ1v) is 15.6. The Labute approximate surface area is 224 Å². The van der Waals surface area contributed by atoms with Gasteiger partial charge in [0.15, 0.2) is 5.13 Å². The zero-order chi connectivity index (χ0) is 26.2. The van der Waals surface area contributed by atoms with Crippen molar-refractivity contribution in [1.29, 1.82) is 0 Å². The van der Waals surface area contributed by atoms with Gasteiger partial charge in [0.2, 0.25) is 10.0 Å². The predicted octanol–water partition coefficient (Wildman–Crippen LogP) is 5.34. The first-order valence-electron chi connectivity index (χ1n) is 13.3. The maximum atomic E-state index is 13.3. The van der Waals surface area contributed by atoms with Gasteiger partial charge in [-0.1, -0.05) is 50.7 Å². The molecule has 2 aliphatic rings. The van der Waals surface area contributed by atoms with E-state index in [0.29, 0.717) is 31.1 Å². The number of nitrogens with zero attached hydrogens (tertiary/aromatic N) is 4.